The zero-order valence-corrected chi connectivity index (χ0v) is 13.3. The summed E-state index contributed by atoms with van der Waals surface area (Å²) in [7, 11) is 1.90. The van der Waals surface area contributed by atoms with Crippen LogP contribution >= 0.6 is 31.9 Å². The second-order valence-corrected chi connectivity index (χ2v) is 5.62. The van der Waals surface area contributed by atoms with Gasteiger partial charge in [-0.3, -0.25) is 4.79 Å². The molecule has 0 fully saturated rings. The summed E-state index contributed by atoms with van der Waals surface area (Å²) < 4.78 is 3.78. The van der Waals surface area contributed by atoms with Crippen LogP contribution < -0.4 is 0 Å². The molecule has 0 atom stereocenters. The van der Waals surface area contributed by atoms with Crippen LogP contribution in [0.4, 0.5) is 0 Å². The zero-order valence-electron chi connectivity index (χ0n) is 10.1. The number of carbonyl (C=O) groups is 1. The van der Waals surface area contributed by atoms with Crippen LogP contribution in [-0.2, 0) is 7.05 Å². The molecule has 3 nitrogen and oxygen atoms in total. The van der Waals surface area contributed by atoms with Crippen molar-refractivity contribution in [3.63, 3.8) is 0 Å². The van der Waals surface area contributed by atoms with Gasteiger partial charge in [-0.1, -0.05) is 0 Å². The van der Waals surface area contributed by atoms with Crippen molar-refractivity contribution in [1.82, 2.24) is 4.57 Å². The molecule has 1 aromatic carbocycles. The minimum absolute atomic E-state index is 0.103. The van der Waals surface area contributed by atoms with Crippen LogP contribution in [0.1, 0.15) is 16.1 Å². The van der Waals surface area contributed by atoms with E-state index < -0.39 is 0 Å². The molecule has 0 aliphatic carbocycles. The van der Waals surface area contributed by atoms with Crippen LogP contribution in [0.5, 0.6) is 5.75 Å². The Balaban J connectivity index is 2.20. The van der Waals surface area contributed by atoms with E-state index in [2.05, 4.69) is 31.9 Å². The number of benzene rings is 1. The molecule has 0 radical (unpaired) electrons. The highest BCUT2D eigenvalue weighted by Crippen LogP contribution is 2.26. The average Bonchev–Trinajstić information content (AvgIpc) is 2.64. The molecule has 0 aliphatic heterocycles. The molecule has 0 spiro atoms. The lowest BCUT2D eigenvalue weighted by atomic mass is 10.1. The fourth-order valence-electron chi connectivity index (χ4n) is 1.60. The Morgan fingerprint density at radius 3 is 2.42 bits per heavy atom. The number of phenolic OH excluding ortho intramolecular Hbond substituents is 1. The number of aromatic hydroxyl groups is 1. The molecule has 0 saturated carbocycles. The summed E-state index contributed by atoms with van der Waals surface area (Å²) in [6.07, 6.45) is 3.27. The standard InChI is InChI=1S/C14H11Br2NO2/c1-17-10(8-12(15)14(17)16)4-7-13(19)9-2-5-11(18)6-3-9/h2-8,18H,1H3/b7-4+. The fraction of sp³-hybridized carbons (Fsp3) is 0.0714. The van der Waals surface area contributed by atoms with Crippen molar-refractivity contribution in [3.05, 3.63) is 56.7 Å². The van der Waals surface area contributed by atoms with Gasteiger partial charge in [0.25, 0.3) is 0 Å². The predicted octanol–water partition coefficient (Wildman–Crippen LogP) is 4.15. The number of hydrogen-bond acceptors (Lipinski definition) is 2. The lowest BCUT2D eigenvalue weighted by Crippen LogP contribution is -1.95. The molecule has 0 amide bonds. The lowest BCUT2D eigenvalue weighted by molar-refractivity contribution is 0.104. The number of nitrogens with zero attached hydrogens (tertiary/aromatic N) is 1. The van der Waals surface area contributed by atoms with E-state index in [9.17, 15) is 9.90 Å². The van der Waals surface area contributed by atoms with Gasteiger partial charge in [-0.15, -0.1) is 0 Å². The highest BCUT2D eigenvalue weighted by atomic mass is 79.9. The van der Waals surface area contributed by atoms with Crippen molar-refractivity contribution < 1.29 is 9.90 Å². The van der Waals surface area contributed by atoms with Crippen molar-refractivity contribution in [2.45, 2.75) is 0 Å². The first kappa shape index (κ1) is 14.1. The van der Waals surface area contributed by atoms with E-state index in [4.69, 9.17) is 0 Å². The topological polar surface area (TPSA) is 42.2 Å². The van der Waals surface area contributed by atoms with E-state index in [0.29, 0.717) is 5.56 Å². The first-order chi connectivity index (χ1) is 8.99. The van der Waals surface area contributed by atoms with E-state index in [1.807, 2.05) is 17.7 Å². The molecule has 5 heteroatoms. The maximum absolute atomic E-state index is 11.9. The summed E-state index contributed by atoms with van der Waals surface area (Å²) >= 11 is 6.84. The van der Waals surface area contributed by atoms with E-state index >= 15 is 0 Å². The van der Waals surface area contributed by atoms with Gasteiger partial charge in [0.1, 0.15) is 5.75 Å². The molecule has 19 heavy (non-hydrogen) atoms. The van der Waals surface area contributed by atoms with Crippen molar-refractivity contribution >= 4 is 43.7 Å². The molecular formula is C14H11Br2NO2. The molecular weight excluding hydrogens is 374 g/mol. The first-order valence-electron chi connectivity index (χ1n) is 5.51. The van der Waals surface area contributed by atoms with Crippen molar-refractivity contribution in [3.8, 4) is 5.75 Å². The molecule has 0 bridgehead atoms. The highest BCUT2D eigenvalue weighted by Gasteiger charge is 2.06. The minimum atomic E-state index is -0.103. The van der Waals surface area contributed by atoms with Crippen molar-refractivity contribution in [2.24, 2.45) is 7.05 Å². The van der Waals surface area contributed by atoms with Gasteiger partial charge in [0.15, 0.2) is 5.78 Å². The number of aromatic nitrogens is 1. The van der Waals surface area contributed by atoms with Gasteiger partial charge in [-0.05, 0) is 74.3 Å². The third-order valence-electron chi connectivity index (χ3n) is 2.71. The predicted molar refractivity (Wildman–Crippen MR) is 82.3 cm³/mol. The maximum Gasteiger partial charge on any atom is 0.185 e. The Hall–Kier alpha value is -1.33. The Bertz CT molecular complexity index is 642. The van der Waals surface area contributed by atoms with Crippen LogP contribution in [0, 0.1) is 0 Å². The van der Waals surface area contributed by atoms with Crippen molar-refractivity contribution in [1.29, 1.82) is 0 Å². The molecule has 98 valence electrons. The van der Waals surface area contributed by atoms with Crippen LogP contribution in [0.2, 0.25) is 0 Å². The Morgan fingerprint density at radius 2 is 1.89 bits per heavy atom. The van der Waals surface area contributed by atoms with Crippen LogP contribution in [-0.4, -0.2) is 15.5 Å². The second-order valence-electron chi connectivity index (χ2n) is 4.01. The van der Waals surface area contributed by atoms with Gasteiger partial charge in [0.2, 0.25) is 0 Å². The fourth-order valence-corrected chi connectivity index (χ4v) is 2.42. The Kier molecular flexibility index (Phi) is 4.27. The van der Waals surface area contributed by atoms with Crippen molar-refractivity contribution in [2.75, 3.05) is 0 Å². The molecule has 1 heterocycles. The number of allylic oxidation sites excluding steroid dienone is 1. The molecule has 0 saturated heterocycles. The summed E-state index contributed by atoms with van der Waals surface area (Å²) in [5.74, 6) is 0.0456. The summed E-state index contributed by atoms with van der Waals surface area (Å²) in [5.41, 5.74) is 1.45. The van der Waals surface area contributed by atoms with Gasteiger partial charge < -0.3 is 9.67 Å². The summed E-state index contributed by atoms with van der Waals surface area (Å²) in [5, 5.41) is 9.17. The second kappa shape index (κ2) is 5.75. The number of rotatable bonds is 3. The van der Waals surface area contributed by atoms with Gasteiger partial charge in [0, 0.05) is 18.3 Å². The number of ketones is 1. The van der Waals surface area contributed by atoms with Gasteiger partial charge in [-0.25, -0.2) is 0 Å². The quantitative estimate of drug-likeness (QED) is 0.637. The SMILES string of the molecule is Cn1c(/C=C/C(=O)c2ccc(O)cc2)cc(Br)c1Br. The highest BCUT2D eigenvalue weighted by molar-refractivity contribution is 9.13. The van der Waals surface area contributed by atoms with E-state index in [0.717, 1.165) is 14.8 Å². The first-order valence-corrected chi connectivity index (χ1v) is 7.10. The normalized spacial score (nSPS) is 11.1. The number of halogens is 2. The van der Waals surface area contributed by atoms with Gasteiger partial charge in [-0.2, -0.15) is 0 Å². The van der Waals surface area contributed by atoms with E-state index in [1.54, 1.807) is 18.2 Å². The molecule has 1 N–H and O–H groups in total. The summed E-state index contributed by atoms with van der Waals surface area (Å²) in [4.78, 5) is 11.9. The monoisotopic (exact) mass is 383 g/mol. The van der Waals surface area contributed by atoms with Crippen LogP contribution in [0.25, 0.3) is 6.08 Å². The third-order valence-corrected chi connectivity index (χ3v) is 4.81. The minimum Gasteiger partial charge on any atom is -0.508 e. The molecule has 0 aliphatic rings. The Morgan fingerprint density at radius 1 is 1.26 bits per heavy atom. The van der Waals surface area contributed by atoms with Crippen LogP contribution in [0.3, 0.4) is 0 Å². The molecule has 1 aromatic heterocycles. The molecule has 2 aromatic rings. The number of hydrogen-bond donors (Lipinski definition) is 1. The molecule has 2 rings (SSSR count). The smallest absolute Gasteiger partial charge is 0.185 e. The van der Waals surface area contributed by atoms with E-state index in [-0.39, 0.29) is 11.5 Å². The summed E-state index contributed by atoms with van der Waals surface area (Å²) in [6, 6.07) is 8.11. The van der Waals surface area contributed by atoms with Gasteiger partial charge in [0.05, 0.1) is 9.08 Å². The number of phenols is 1. The van der Waals surface area contributed by atoms with Crippen LogP contribution in [0.15, 0.2) is 45.5 Å². The average molecular weight is 385 g/mol. The number of carbonyl (C=O) groups excluding carboxylic acids is 1. The third kappa shape index (κ3) is 3.16. The zero-order chi connectivity index (χ0) is 14.0. The lowest BCUT2D eigenvalue weighted by Gasteiger charge is -1.99. The van der Waals surface area contributed by atoms with Gasteiger partial charge >= 0.3 is 0 Å². The largest absolute Gasteiger partial charge is 0.508 e. The molecule has 0 unspecified atom stereocenters. The Labute approximate surface area is 127 Å². The summed E-state index contributed by atoms with van der Waals surface area (Å²) in [6.45, 7) is 0. The van der Waals surface area contributed by atoms with E-state index in [1.165, 1.54) is 18.2 Å². The maximum atomic E-state index is 11.9.